The highest BCUT2D eigenvalue weighted by Gasteiger charge is 2.54. The fourth-order valence-electron chi connectivity index (χ4n) is 3.77. The van der Waals surface area contributed by atoms with Crippen LogP contribution in [0.3, 0.4) is 0 Å². The molecular weight excluding hydrogens is 354 g/mol. The van der Waals surface area contributed by atoms with Crippen LogP contribution < -0.4 is 4.74 Å². The van der Waals surface area contributed by atoms with Gasteiger partial charge in [0.05, 0.1) is 0 Å². The fourth-order valence-corrected chi connectivity index (χ4v) is 3.77. The van der Waals surface area contributed by atoms with Crippen molar-refractivity contribution in [1.82, 2.24) is 4.90 Å². The predicted octanol–water partition coefficient (Wildman–Crippen LogP) is 3.10. The maximum atomic E-state index is 12.0. The Labute approximate surface area is 160 Å². The summed E-state index contributed by atoms with van der Waals surface area (Å²) in [5.41, 5.74) is -1.00. The van der Waals surface area contributed by atoms with E-state index in [1.54, 1.807) is 36.4 Å². The summed E-state index contributed by atoms with van der Waals surface area (Å²) in [6, 6.07) is 11.4. The summed E-state index contributed by atoms with van der Waals surface area (Å²) in [6.07, 6.45) is 0. The van der Waals surface area contributed by atoms with Crippen LogP contribution in [0.1, 0.15) is 25.0 Å². The minimum atomic E-state index is -1.42. The highest BCUT2D eigenvalue weighted by atomic mass is 35.5. The van der Waals surface area contributed by atoms with E-state index in [9.17, 15) is 15.3 Å². The zero-order chi connectivity index (χ0) is 18.4. The molecule has 1 heterocycles. The van der Waals surface area contributed by atoms with Gasteiger partial charge in [-0.2, -0.15) is 0 Å². The number of fused-ring (bicyclic) bond motifs is 1. The molecule has 0 aliphatic carbocycles. The lowest BCUT2D eigenvalue weighted by molar-refractivity contribution is -0.109. The third kappa shape index (κ3) is 3.34. The maximum absolute atomic E-state index is 12.0. The normalized spacial score (nSPS) is 23.7. The van der Waals surface area contributed by atoms with Crippen molar-refractivity contribution in [3.8, 4) is 17.2 Å². The number of hydrogen-bond acceptors (Lipinski definition) is 5. The van der Waals surface area contributed by atoms with E-state index in [-0.39, 0.29) is 29.8 Å². The molecule has 0 fully saturated rings. The van der Waals surface area contributed by atoms with Crippen LogP contribution >= 0.6 is 12.4 Å². The van der Waals surface area contributed by atoms with Crippen LogP contribution in [0.15, 0.2) is 42.5 Å². The molecule has 6 heteroatoms. The van der Waals surface area contributed by atoms with Crippen LogP contribution in [0.5, 0.6) is 17.2 Å². The Morgan fingerprint density at radius 3 is 2.31 bits per heavy atom. The molecule has 0 amide bonds. The minimum absolute atomic E-state index is 0. The third-order valence-corrected chi connectivity index (χ3v) is 4.92. The summed E-state index contributed by atoms with van der Waals surface area (Å²) in [7, 11) is 3.88. The average Bonchev–Trinajstić information content (AvgIpc) is 2.52. The first-order valence-corrected chi connectivity index (χ1v) is 8.33. The van der Waals surface area contributed by atoms with E-state index in [0.29, 0.717) is 23.4 Å². The summed E-state index contributed by atoms with van der Waals surface area (Å²) < 4.78 is 6.17. The van der Waals surface area contributed by atoms with Crippen LogP contribution in [0.25, 0.3) is 0 Å². The van der Waals surface area contributed by atoms with Gasteiger partial charge in [-0.25, -0.2) is 0 Å². The highest BCUT2D eigenvalue weighted by Crippen LogP contribution is 2.52. The molecule has 3 N–H and O–H groups in total. The van der Waals surface area contributed by atoms with Crippen molar-refractivity contribution in [2.24, 2.45) is 5.92 Å². The van der Waals surface area contributed by atoms with Gasteiger partial charge >= 0.3 is 0 Å². The van der Waals surface area contributed by atoms with Crippen LogP contribution in [0.2, 0.25) is 0 Å². The second-order valence-corrected chi connectivity index (χ2v) is 7.52. The maximum Gasteiger partial charge on any atom is 0.126 e. The Balaban J connectivity index is 0.00000243. The molecule has 1 aliphatic rings. The number of halogens is 1. The van der Waals surface area contributed by atoms with Crippen LogP contribution in [0.4, 0.5) is 0 Å². The summed E-state index contributed by atoms with van der Waals surface area (Å²) in [5, 5.41) is 31.9. The monoisotopic (exact) mass is 379 g/mol. The molecule has 1 aliphatic heterocycles. The van der Waals surface area contributed by atoms with Crippen molar-refractivity contribution in [3.05, 3.63) is 53.6 Å². The smallest absolute Gasteiger partial charge is 0.126 e. The summed E-state index contributed by atoms with van der Waals surface area (Å²) in [4.78, 5) is 2.00. The Kier molecular flexibility index (Phi) is 5.47. The van der Waals surface area contributed by atoms with Gasteiger partial charge in [0.25, 0.3) is 0 Å². The van der Waals surface area contributed by atoms with Crippen molar-refractivity contribution in [2.45, 2.75) is 25.0 Å². The van der Waals surface area contributed by atoms with E-state index in [1.807, 2.05) is 32.8 Å². The van der Waals surface area contributed by atoms with Crippen molar-refractivity contribution >= 4 is 12.4 Å². The largest absolute Gasteiger partial charge is 0.508 e. The first-order valence-electron chi connectivity index (χ1n) is 8.33. The number of hydrogen-bond donors (Lipinski definition) is 3. The number of rotatable bonds is 3. The Morgan fingerprint density at radius 1 is 1.04 bits per heavy atom. The third-order valence-electron chi connectivity index (χ3n) is 4.92. The van der Waals surface area contributed by atoms with Gasteiger partial charge in [0.1, 0.15) is 28.5 Å². The van der Waals surface area contributed by atoms with Gasteiger partial charge in [0.2, 0.25) is 0 Å². The second-order valence-electron chi connectivity index (χ2n) is 7.52. The summed E-state index contributed by atoms with van der Waals surface area (Å²) >= 11 is 0. The molecule has 2 aromatic rings. The molecule has 142 valence electrons. The zero-order valence-corrected chi connectivity index (χ0v) is 16.2. The van der Waals surface area contributed by atoms with Gasteiger partial charge in [-0.15, -0.1) is 12.4 Å². The SMILES string of the molecule is CN(C)CC1C(C)(C)Oc2ccc(O)cc2C1(O)c1cccc(O)c1.Cl. The number of nitrogens with zero attached hydrogens (tertiary/aromatic N) is 1. The Hall–Kier alpha value is -1.95. The Bertz CT molecular complexity index is 793. The van der Waals surface area contributed by atoms with E-state index < -0.39 is 11.2 Å². The zero-order valence-electron chi connectivity index (χ0n) is 15.4. The van der Waals surface area contributed by atoms with Crippen molar-refractivity contribution in [3.63, 3.8) is 0 Å². The van der Waals surface area contributed by atoms with E-state index in [4.69, 9.17) is 4.74 Å². The number of aromatic hydroxyl groups is 2. The topological polar surface area (TPSA) is 73.2 Å². The minimum Gasteiger partial charge on any atom is -0.508 e. The first-order chi connectivity index (χ1) is 11.6. The number of aliphatic hydroxyl groups is 1. The van der Waals surface area contributed by atoms with Gasteiger partial charge in [0, 0.05) is 18.0 Å². The molecule has 2 atom stereocenters. The van der Waals surface area contributed by atoms with Gasteiger partial charge in [0.15, 0.2) is 0 Å². The summed E-state index contributed by atoms with van der Waals surface area (Å²) in [5.74, 6) is 0.347. The number of phenolic OH excluding ortho intramolecular Hbond substituents is 2. The van der Waals surface area contributed by atoms with Gasteiger partial charge in [-0.1, -0.05) is 12.1 Å². The lowest BCUT2D eigenvalue weighted by atomic mass is 9.67. The molecule has 2 unspecified atom stereocenters. The quantitative estimate of drug-likeness (QED) is 0.764. The highest BCUT2D eigenvalue weighted by molar-refractivity contribution is 5.85. The molecule has 0 bridgehead atoms. The molecule has 0 spiro atoms. The fraction of sp³-hybridized carbons (Fsp3) is 0.400. The van der Waals surface area contributed by atoms with Crippen LogP contribution in [0, 0.1) is 5.92 Å². The number of phenols is 2. The molecule has 0 aromatic heterocycles. The van der Waals surface area contributed by atoms with E-state index in [1.165, 1.54) is 6.07 Å². The molecule has 5 nitrogen and oxygen atoms in total. The van der Waals surface area contributed by atoms with Crippen molar-refractivity contribution in [2.75, 3.05) is 20.6 Å². The molecule has 26 heavy (non-hydrogen) atoms. The molecule has 3 rings (SSSR count). The van der Waals surface area contributed by atoms with Crippen LogP contribution in [-0.2, 0) is 5.60 Å². The van der Waals surface area contributed by atoms with Gasteiger partial charge in [-0.3, -0.25) is 0 Å². The standard InChI is InChI=1S/C20H25NO4.ClH/c1-19(2)18(12-21(3)4)20(24,13-6-5-7-14(22)10-13)16-11-15(23)8-9-17(16)25-19;/h5-11,18,22-24H,12H2,1-4H3;1H. The average molecular weight is 380 g/mol. The molecule has 0 radical (unpaired) electrons. The molecular formula is C20H26ClNO4. The van der Waals surface area contributed by atoms with E-state index in [0.717, 1.165) is 0 Å². The first kappa shape index (κ1) is 20.4. The van der Waals surface area contributed by atoms with E-state index >= 15 is 0 Å². The van der Waals surface area contributed by atoms with Crippen LogP contribution in [-0.4, -0.2) is 46.5 Å². The molecule has 2 aromatic carbocycles. The van der Waals surface area contributed by atoms with Gasteiger partial charge < -0.3 is 25.0 Å². The second kappa shape index (κ2) is 6.99. The van der Waals surface area contributed by atoms with Gasteiger partial charge in [-0.05, 0) is 63.8 Å². The summed E-state index contributed by atoms with van der Waals surface area (Å²) in [6.45, 7) is 4.46. The molecule has 0 saturated heterocycles. The Morgan fingerprint density at radius 2 is 1.69 bits per heavy atom. The predicted molar refractivity (Wildman–Crippen MR) is 103 cm³/mol. The van der Waals surface area contributed by atoms with E-state index in [2.05, 4.69) is 0 Å². The van der Waals surface area contributed by atoms with Crippen molar-refractivity contribution in [1.29, 1.82) is 0 Å². The lowest BCUT2D eigenvalue weighted by Gasteiger charge is -2.51. The molecule has 0 saturated carbocycles. The van der Waals surface area contributed by atoms with Crippen molar-refractivity contribution < 1.29 is 20.1 Å². The lowest BCUT2D eigenvalue weighted by Crippen LogP contribution is -2.57. The number of benzene rings is 2. The number of ether oxygens (including phenoxy) is 1.